The molecule has 0 aromatic heterocycles. The minimum atomic E-state index is -1.57. The van der Waals surface area contributed by atoms with Gasteiger partial charge in [-0.2, -0.15) is 0 Å². The van der Waals surface area contributed by atoms with Crippen LogP contribution in [-0.2, 0) is 14.4 Å². The Hall–Kier alpha value is -2.64. The fourth-order valence-electron chi connectivity index (χ4n) is 1.32. The number of carbonyl (C=O) groups excluding carboxylic acids is 1. The number of aliphatic carboxylic acids is 2. The van der Waals surface area contributed by atoms with Crippen molar-refractivity contribution in [2.45, 2.75) is 12.5 Å². The van der Waals surface area contributed by atoms with E-state index in [4.69, 9.17) is 14.9 Å². The van der Waals surface area contributed by atoms with Gasteiger partial charge in [-0.3, -0.25) is 9.59 Å². The molecule has 0 unspecified atom stereocenters. The van der Waals surface area contributed by atoms with Gasteiger partial charge in [0.2, 0.25) is 0 Å². The minimum Gasteiger partial charge on any atom is -0.481 e. The standard InChI is InChI=1S/C12H12FNO6/c13-7-3-1-2-4-9(7)20-6-10(15)14-8(12(18)19)5-11(16)17/h1-4,8H,5-6H2,(H,14,15)(H,16,17)(H,18,19)/t8-/m1/s1. The molecule has 20 heavy (non-hydrogen) atoms. The van der Waals surface area contributed by atoms with Gasteiger partial charge in [-0.15, -0.1) is 0 Å². The van der Waals surface area contributed by atoms with Crippen molar-refractivity contribution in [1.82, 2.24) is 5.32 Å². The summed E-state index contributed by atoms with van der Waals surface area (Å²) < 4.78 is 18.0. The molecule has 1 rings (SSSR count). The maximum Gasteiger partial charge on any atom is 0.326 e. The van der Waals surface area contributed by atoms with Crippen LogP contribution in [-0.4, -0.2) is 40.7 Å². The van der Waals surface area contributed by atoms with E-state index in [0.29, 0.717) is 0 Å². The SMILES string of the molecule is O=C(O)C[C@@H](NC(=O)COc1ccccc1F)C(=O)O. The highest BCUT2D eigenvalue weighted by Crippen LogP contribution is 2.14. The molecular weight excluding hydrogens is 273 g/mol. The number of halogens is 1. The number of amides is 1. The van der Waals surface area contributed by atoms with E-state index >= 15 is 0 Å². The number of rotatable bonds is 7. The highest BCUT2D eigenvalue weighted by atomic mass is 19.1. The van der Waals surface area contributed by atoms with Crippen molar-refractivity contribution in [3.8, 4) is 5.75 Å². The summed E-state index contributed by atoms with van der Waals surface area (Å²) in [4.78, 5) is 32.6. The van der Waals surface area contributed by atoms with Crippen LogP contribution in [0.1, 0.15) is 6.42 Å². The molecule has 8 heteroatoms. The average Bonchev–Trinajstić information content (AvgIpc) is 2.36. The number of benzene rings is 1. The van der Waals surface area contributed by atoms with Gasteiger partial charge in [-0.05, 0) is 12.1 Å². The van der Waals surface area contributed by atoms with Gasteiger partial charge >= 0.3 is 11.9 Å². The summed E-state index contributed by atoms with van der Waals surface area (Å²) in [6, 6.07) is 3.81. The topological polar surface area (TPSA) is 113 Å². The monoisotopic (exact) mass is 285 g/mol. The van der Waals surface area contributed by atoms with E-state index in [0.717, 1.165) is 6.07 Å². The van der Waals surface area contributed by atoms with E-state index in [-0.39, 0.29) is 5.75 Å². The Morgan fingerprint density at radius 3 is 2.45 bits per heavy atom. The molecule has 0 fully saturated rings. The lowest BCUT2D eigenvalue weighted by molar-refractivity contribution is -0.147. The molecule has 1 aromatic carbocycles. The Bertz CT molecular complexity index is 518. The quantitative estimate of drug-likeness (QED) is 0.662. The lowest BCUT2D eigenvalue weighted by Crippen LogP contribution is -2.44. The predicted octanol–water partition coefficient (Wildman–Crippen LogP) is 0.249. The van der Waals surface area contributed by atoms with Gasteiger partial charge in [0.25, 0.3) is 5.91 Å². The summed E-state index contributed by atoms with van der Waals surface area (Å²) in [6.45, 7) is -0.621. The molecule has 0 saturated carbocycles. The van der Waals surface area contributed by atoms with Crippen LogP contribution in [0.2, 0.25) is 0 Å². The number of ether oxygens (including phenoxy) is 1. The zero-order valence-electron chi connectivity index (χ0n) is 10.2. The van der Waals surface area contributed by atoms with Crippen molar-refractivity contribution in [3.63, 3.8) is 0 Å². The van der Waals surface area contributed by atoms with Crippen molar-refractivity contribution < 1.29 is 33.7 Å². The first-order valence-electron chi connectivity index (χ1n) is 5.51. The first-order chi connectivity index (χ1) is 9.40. The molecule has 1 atom stereocenters. The Labute approximate surface area is 113 Å². The molecule has 0 radical (unpaired) electrons. The van der Waals surface area contributed by atoms with E-state index in [1.54, 1.807) is 0 Å². The second-order valence-electron chi connectivity index (χ2n) is 3.78. The molecule has 0 aliphatic carbocycles. The van der Waals surface area contributed by atoms with Crippen LogP contribution < -0.4 is 10.1 Å². The summed E-state index contributed by atoms with van der Waals surface area (Å²) in [5, 5.41) is 19.2. The maximum atomic E-state index is 13.2. The van der Waals surface area contributed by atoms with Gasteiger partial charge in [0, 0.05) is 0 Å². The van der Waals surface area contributed by atoms with Gasteiger partial charge in [0.1, 0.15) is 6.04 Å². The maximum absolute atomic E-state index is 13.2. The minimum absolute atomic E-state index is 0.159. The zero-order valence-corrected chi connectivity index (χ0v) is 10.2. The second-order valence-corrected chi connectivity index (χ2v) is 3.78. The Kier molecular flexibility index (Phi) is 5.45. The van der Waals surface area contributed by atoms with Crippen LogP contribution in [0.3, 0.4) is 0 Å². The number of carboxylic acids is 2. The molecular formula is C12H12FNO6. The normalized spacial score (nSPS) is 11.4. The van der Waals surface area contributed by atoms with Gasteiger partial charge in [0.15, 0.2) is 18.2 Å². The Morgan fingerprint density at radius 1 is 1.25 bits per heavy atom. The van der Waals surface area contributed by atoms with Crippen molar-refractivity contribution in [1.29, 1.82) is 0 Å². The van der Waals surface area contributed by atoms with Gasteiger partial charge in [-0.1, -0.05) is 12.1 Å². The number of hydrogen-bond acceptors (Lipinski definition) is 4. The summed E-state index contributed by atoms with van der Waals surface area (Å²) in [7, 11) is 0. The molecule has 1 amide bonds. The summed E-state index contributed by atoms with van der Waals surface area (Å²) in [5.74, 6) is -4.53. The van der Waals surface area contributed by atoms with E-state index < -0.39 is 42.7 Å². The third kappa shape index (κ3) is 4.92. The zero-order chi connectivity index (χ0) is 15.1. The van der Waals surface area contributed by atoms with Gasteiger partial charge in [0.05, 0.1) is 6.42 Å². The van der Waals surface area contributed by atoms with Crippen LogP contribution in [0.25, 0.3) is 0 Å². The largest absolute Gasteiger partial charge is 0.481 e. The van der Waals surface area contributed by atoms with Gasteiger partial charge in [-0.25, -0.2) is 9.18 Å². The van der Waals surface area contributed by atoms with Crippen LogP contribution in [0, 0.1) is 5.82 Å². The molecule has 0 aliphatic heterocycles. The molecule has 0 saturated heterocycles. The highest BCUT2D eigenvalue weighted by molar-refractivity contribution is 5.87. The number of carboxylic acid groups (broad SMARTS) is 2. The van der Waals surface area contributed by atoms with E-state index in [1.165, 1.54) is 18.2 Å². The molecule has 0 heterocycles. The molecule has 3 N–H and O–H groups in total. The summed E-state index contributed by atoms with van der Waals surface area (Å²) in [6.07, 6.45) is -0.763. The van der Waals surface area contributed by atoms with Crippen LogP contribution in [0.15, 0.2) is 24.3 Å². The smallest absolute Gasteiger partial charge is 0.326 e. The summed E-state index contributed by atoms with van der Waals surface area (Å²) >= 11 is 0. The summed E-state index contributed by atoms with van der Waals surface area (Å²) in [5.41, 5.74) is 0. The molecule has 0 bridgehead atoms. The molecule has 108 valence electrons. The molecule has 1 aromatic rings. The van der Waals surface area contributed by atoms with E-state index in [2.05, 4.69) is 0 Å². The van der Waals surface area contributed by atoms with Crippen LogP contribution in [0.4, 0.5) is 4.39 Å². The molecule has 0 aliphatic rings. The van der Waals surface area contributed by atoms with Crippen LogP contribution >= 0.6 is 0 Å². The van der Waals surface area contributed by atoms with Crippen molar-refractivity contribution in [3.05, 3.63) is 30.1 Å². The van der Waals surface area contributed by atoms with Gasteiger partial charge < -0.3 is 20.3 Å². The fraction of sp³-hybridized carbons (Fsp3) is 0.250. The fourth-order valence-corrected chi connectivity index (χ4v) is 1.32. The van der Waals surface area contributed by atoms with Crippen molar-refractivity contribution in [2.75, 3.05) is 6.61 Å². The first kappa shape index (κ1) is 15.4. The lowest BCUT2D eigenvalue weighted by atomic mass is 10.2. The molecule has 7 nitrogen and oxygen atoms in total. The average molecular weight is 285 g/mol. The predicted molar refractivity (Wildman–Crippen MR) is 63.7 cm³/mol. The third-order valence-corrected chi connectivity index (χ3v) is 2.21. The van der Waals surface area contributed by atoms with E-state index in [9.17, 15) is 18.8 Å². The number of para-hydroxylation sites is 1. The second kappa shape index (κ2) is 7.07. The Balaban J connectivity index is 2.52. The Morgan fingerprint density at radius 2 is 1.90 bits per heavy atom. The number of nitrogens with one attached hydrogen (secondary N) is 1. The number of hydrogen-bond donors (Lipinski definition) is 3. The first-order valence-corrected chi connectivity index (χ1v) is 5.51. The van der Waals surface area contributed by atoms with Crippen LogP contribution in [0.5, 0.6) is 5.75 Å². The lowest BCUT2D eigenvalue weighted by Gasteiger charge is -2.13. The van der Waals surface area contributed by atoms with Crippen molar-refractivity contribution in [2.24, 2.45) is 0 Å². The number of carbonyl (C=O) groups is 3. The van der Waals surface area contributed by atoms with E-state index in [1.807, 2.05) is 5.32 Å². The highest BCUT2D eigenvalue weighted by Gasteiger charge is 2.23. The van der Waals surface area contributed by atoms with Crippen molar-refractivity contribution >= 4 is 17.8 Å². The third-order valence-electron chi connectivity index (χ3n) is 2.21. The molecule has 0 spiro atoms.